The molecule has 4 atom stereocenters. The van der Waals surface area contributed by atoms with Crippen LogP contribution in [0, 0.1) is 17.8 Å². The van der Waals surface area contributed by atoms with Crippen LogP contribution in [0.15, 0.2) is 48.5 Å². The van der Waals surface area contributed by atoms with E-state index in [4.69, 9.17) is 0 Å². The summed E-state index contributed by atoms with van der Waals surface area (Å²) in [6, 6.07) is 14.0. The van der Waals surface area contributed by atoms with Crippen LogP contribution in [0.2, 0.25) is 0 Å². The van der Waals surface area contributed by atoms with Crippen molar-refractivity contribution in [1.82, 2.24) is 0 Å². The second-order valence-corrected chi connectivity index (χ2v) is 9.90. The summed E-state index contributed by atoms with van der Waals surface area (Å²) in [6.07, 6.45) is 9.50. The van der Waals surface area contributed by atoms with Gasteiger partial charge in [-0.3, -0.25) is 0 Å². The van der Waals surface area contributed by atoms with E-state index >= 15 is 0 Å². The maximum Gasteiger partial charge on any atom is 0.416 e. The normalized spacial score (nSPS) is 26.5. The van der Waals surface area contributed by atoms with Gasteiger partial charge in [-0.15, -0.1) is 0 Å². The van der Waals surface area contributed by atoms with Gasteiger partial charge in [-0.05, 0) is 84.6 Å². The van der Waals surface area contributed by atoms with E-state index in [1.807, 2.05) is 0 Å². The van der Waals surface area contributed by atoms with Crippen molar-refractivity contribution in [2.75, 3.05) is 0 Å². The summed E-state index contributed by atoms with van der Waals surface area (Å²) in [5, 5.41) is 0. The quantitative estimate of drug-likeness (QED) is 0.402. The van der Waals surface area contributed by atoms with Gasteiger partial charge >= 0.3 is 6.18 Å². The van der Waals surface area contributed by atoms with Gasteiger partial charge in [0.2, 0.25) is 0 Å². The first-order valence-electron chi connectivity index (χ1n) is 12.2. The topological polar surface area (TPSA) is 0 Å². The molecular formula is C28H35F3. The molecular weight excluding hydrogens is 393 g/mol. The van der Waals surface area contributed by atoms with Crippen molar-refractivity contribution < 1.29 is 13.2 Å². The Balaban J connectivity index is 1.34. The van der Waals surface area contributed by atoms with E-state index in [9.17, 15) is 13.2 Å². The molecule has 2 aromatic rings. The molecule has 0 radical (unpaired) electrons. The Morgan fingerprint density at radius 3 is 2.00 bits per heavy atom. The van der Waals surface area contributed by atoms with Crippen molar-refractivity contribution >= 4 is 0 Å². The van der Waals surface area contributed by atoms with Gasteiger partial charge in [0.25, 0.3) is 0 Å². The van der Waals surface area contributed by atoms with E-state index < -0.39 is 11.7 Å². The Kier molecular flexibility index (Phi) is 7.08. The maximum absolute atomic E-state index is 12.8. The summed E-state index contributed by atoms with van der Waals surface area (Å²) >= 11 is 0. The number of rotatable bonds is 6. The largest absolute Gasteiger partial charge is 0.416 e. The minimum atomic E-state index is -4.28. The molecule has 2 aromatic carbocycles. The molecule has 31 heavy (non-hydrogen) atoms. The fraction of sp³-hybridized carbons (Fsp3) is 0.571. The number of halogens is 3. The van der Waals surface area contributed by atoms with Crippen LogP contribution in [0.5, 0.6) is 0 Å². The standard InChI is InChI=1S/C28H35F3/c1-2-3-4-5-20-6-7-26-19-25(13-12-24(26)18-20)23-10-8-21(9-11-23)22-14-16-27(17-15-22)28(29,30)31/h8-11,14-17,20,24-26H,2-7,12-13,18-19H2,1H3/t20?,24-,25-,26-/m1/s1. The number of benzene rings is 2. The third-order valence-corrected chi connectivity index (χ3v) is 7.87. The van der Waals surface area contributed by atoms with Crippen LogP contribution >= 0.6 is 0 Å². The minimum Gasteiger partial charge on any atom is -0.166 e. The molecule has 0 spiro atoms. The monoisotopic (exact) mass is 428 g/mol. The number of alkyl halides is 3. The lowest BCUT2D eigenvalue weighted by Gasteiger charge is -2.42. The zero-order chi connectivity index (χ0) is 21.8. The van der Waals surface area contributed by atoms with Crippen LogP contribution in [0.4, 0.5) is 13.2 Å². The second kappa shape index (κ2) is 9.79. The average Bonchev–Trinajstić information content (AvgIpc) is 2.78. The first-order chi connectivity index (χ1) is 14.9. The lowest BCUT2D eigenvalue weighted by atomic mass is 9.63. The predicted octanol–water partition coefficient (Wildman–Crippen LogP) is 9.25. The maximum atomic E-state index is 12.8. The third kappa shape index (κ3) is 5.54. The van der Waals surface area contributed by atoms with E-state index in [2.05, 4.69) is 31.2 Å². The van der Waals surface area contributed by atoms with E-state index in [-0.39, 0.29) is 0 Å². The summed E-state index contributed by atoms with van der Waals surface area (Å²) in [5.74, 6) is 3.42. The van der Waals surface area contributed by atoms with Gasteiger partial charge in [-0.25, -0.2) is 0 Å². The molecule has 168 valence electrons. The number of hydrogen-bond acceptors (Lipinski definition) is 0. The van der Waals surface area contributed by atoms with Gasteiger partial charge in [-0.1, -0.05) is 75.4 Å². The molecule has 0 saturated heterocycles. The third-order valence-electron chi connectivity index (χ3n) is 7.87. The summed E-state index contributed by atoms with van der Waals surface area (Å²) < 4.78 is 38.4. The first kappa shape index (κ1) is 22.4. The van der Waals surface area contributed by atoms with Crippen LogP contribution in [-0.2, 0) is 6.18 Å². The van der Waals surface area contributed by atoms with Crippen molar-refractivity contribution in [2.24, 2.45) is 17.8 Å². The highest BCUT2D eigenvalue weighted by Gasteiger charge is 2.35. The van der Waals surface area contributed by atoms with Crippen molar-refractivity contribution in [3.8, 4) is 11.1 Å². The van der Waals surface area contributed by atoms with Crippen LogP contribution in [0.3, 0.4) is 0 Å². The zero-order valence-corrected chi connectivity index (χ0v) is 18.6. The van der Waals surface area contributed by atoms with Crippen LogP contribution in [0.25, 0.3) is 11.1 Å². The number of fused-ring (bicyclic) bond motifs is 1. The Bertz CT molecular complexity index is 819. The molecule has 0 aromatic heterocycles. The van der Waals surface area contributed by atoms with Gasteiger partial charge in [0.15, 0.2) is 0 Å². The molecule has 2 fully saturated rings. The molecule has 0 N–H and O–H groups in total. The summed E-state index contributed by atoms with van der Waals surface area (Å²) in [4.78, 5) is 0. The van der Waals surface area contributed by atoms with Crippen molar-refractivity contribution in [3.63, 3.8) is 0 Å². The highest BCUT2D eigenvalue weighted by molar-refractivity contribution is 5.64. The lowest BCUT2D eigenvalue weighted by Crippen LogP contribution is -2.30. The molecule has 0 amide bonds. The highest BCUT2D eigenvalue weighted by atomic mass is 19.4. The van der Waals surface area contributed by atoms with E-state index in [1.165, 1.54) is 81.9 Å². The van der Waals surface area contributed by atoms with Crippen molar-refractivity contribution in [3.05, 3.63) is 59.7 Å². The van der Waals surface area contributed by atoms with Gasteiger partial charge < -0.3 is 0 Å². The SMILES string of the molecule is CCCCCC1CC[C@@H]2C[C@H](c3ccc(-c4ccc(C(F)(F)F)cc4)cc3)CC[C@@H]2C1. The molecule has 3 heteroatoms. The fourth-order valence-corrected chi connectivity index (χ4v) is 6.03. The van der Waals surface area contributed by atoms with Gasteiger partial charge in [0.1, 0.15) is 0 Å². The smallest absolute Gasteiger partial charge is 0.166 e. The van der Waals surface area contributed by atoms with Crippen LogP contribution in [0.1, 0.15) is 88.2 Å². The first-order valence-corrected chi connectivity index (χ1v) is 12.2. The molecule has 2 aliphatic rings. The Hall–Kier alpha value is -1.77. The van der Waals surface area contributed by atoms with Crippen molar-refractivity contribution in [1.29, 1.82) is 0 Å². The molecule has 0 nitrogen and oxygen atoms in total. The lowest BCUT2D eigenvalue weighted by molar-refractivity contribution is -0.137. The predicted molar refractivity (Wildman–Crippen MR) is 122 cm³/mol. The second-order valence-electron chi connectivity index (χ2n) is 9.90. The molecule has 0 heterocycles. The summed E-state index contributed by atoms with van der Waals surface area (Å²) in [7, 11) is 0. The average molecular weight is 429 g/mol. The molecule has 2 aliphatic carbocycles. The molecule has 4 rings (SSSR count). The molecule has 0 aliphatic heterocycles. The van der Waals surface area contributed by atoms with E-state index in [0.29, 0.717) is 5.92 Å². The fourth-order valence-electron chi connectivity index (χ4n) is 6.03. The van der Waals surface area contributed by atoms with Gasteiger partial charge in [0.05, 0.1) is 5.56 Å². The molecule has 1 unspecified atom stereocenters. The minimum absolute atomic E-state index is 0.593. The molecule has 0 bridgehead atoms. The Morgan fingerprint density at radius 1 is 0.742 bits per heavy atom. The number of hydrogen-bond donors (Lipinski definition) is 0. The summed E-state index contributed by atoms with van der Waals surface area (Å²) in [6.45, 7) is 2.29. The number of unbranched alkanes of at least 4 members (excludes halogenated alkanes) is 2. The molecule has 2 saturated carbocycles. The zero-order valence-electron chi connectivity index (χ0n) is 18.6. The highest BCUT2D eigenvalue weighted by Crippen LogP contribution is 2.48. The van der Waals surface area contributed by atoms with Gasteiger partial charge in [0, 0.05) is 0 Å². The Morgan fingerprint density at radius 2 is 1.35 bits per heavy atom. The van der Waals surface area contributed by atoms with Crippen molar-refractivity contribution in [2.45, 2.75) is 83.2 Å². The Labute approximate surface area is 185 Å². The van der Waals surface area contributed by atoms with Gasteiger partial charge in [-0.2, -0.15) is 13.2 Å². The van der Waals surface area contributed by atoms with E-state index in [0.717, 1.165) is 28.9 Å². The van der Waals surface area contributed by atoms with Crippen LogP contribution in [-0.4, -0.2) is 0 Å². The van der Waals surface area contributed by atoms with Crippen LogP contribution < -0.4 is 0 Å². The summed E-state index contributed by atoms with van der Waals surface area (Å²) in [5.41, 5.74) is 2.63. The van der Waals surface area contributed by atoms with E-state index in [1.54, 1.807) is 12.1 Å².